The summed E-state index contributed by atoms with van der Waals surface area (Å²) >= 11 is 9.96. The first kappa shape index (κ1) is 60.2. The molecule has 0 spiro atoms. The van der Waals surface area contributed by atoms with E-state index in [1.807, 2.05) is 32.9 Å². The molecule has 3 aromatic rings. The normalized spacial score (nSPS) is 14.8. The molecule has 0 unspecified atom stereocenters. The minimum Gasteiger partial charge on any atom is -0.507 e. The molecule has 370 valence electrons. The summed E-state index contributed by atoms with van der Waals surface area (Å²) in [5.74, 6) is 0.798. The van der Waals surface area contributed by atoms with E-state index in [-0.39, 0.29) is 77.7 Å². The third kappa shape index (κ3) is 23.3. The number of unbranched alkanes of at least 4 members (excludes halogenated alkanes) is 2. The van der Waals surface area contributed by atoms with Crippen molar-refractivity contribution in [3.05, 3.63) is 107 Å². The molecule has 0 fully saturated rings. The highest BCUT2D eigenvalue weighted by Crippen LogP contribution is 2.47. The molecule has 1 aliphatic rings. The van der Waals surface area contributed by atoms with Crippen molar-refractivity contribution in [1.82, 2.24) is 0 Å². The second-order valence-corrected chi connectivity index (χ2v) is 19.5. The molecule has 4 rings (SSSR count). The van der Waals surface area contributed by atoms with E-state index in [9.17, 15) is 21.9 Å². The predicted octanol–water partition coefficient (Wildman–Crippen LogP) is 9.52. The molecule has 0 saturated heterocycles. The van der Waals surface area contributed by atoms with E-state index in [2.05, 4.69) is 36.5 Å². The van der Waals surface area contributed by atoms with E-state index < -0.39 is 20.2 Å². The standard InChI is InChI=1S/C33H45NO6S.C10H14O4S.C3H8O2.C2H3Cl2N/c1-7-8-9-11-26-21-30(35)32(29-20-25(5)14-17-28(29)23(2)3)31(22-26)40-33(34-6)38-18-10-19-39-41(36,37)27-15-12-24(4)13-16-27;1-9-3-5-10(6-4-9)15(12,13)14-8-2-7-11;4-2-1-3-5;1-5-2(3)4/h12-13,15-16,20-22,28-29,35H,2,7-11,14,17-19H2,1,3-6H3;3-6,11H,2,7-8H2,1H3;4-5H,1-3H2;1H3/t28-,29+;;;/m0.../s1. The first-order valence-corrected chi connectivity index (χ1v) is 25.4. The van der Waals surface area contributed by atoms with Gasteiger partial charge in [0.2, 0.25) is 0 Å². The van der Waals surface area contributed by atoms with Gasteiger partial charge in [-0.25, -0.2) is 4.99 Å². The number of rotatable bonds is 20. The second-order valence-electron chi connectivity index (χ2n) is 15.3. The topological polar surface area (TPSA) is 211 Å². The van der Waals surface area contributed by atoms with Gasteiger partial charge in [-0.15, -0.1) is 0 Å². The van der Waals surface area contributed by atoms with Crippen molar-refractivity contribution < 1.29 is 55.1 Å². The lowest BCUT2D eigenvalue weighted by atomic mass is 9.73. The van der Waals surface area contributed by atoms with Crippen LogP contribution in [0.2, 0.25) is 0 Å². The molecule has 66 heavy (non-hydrogen) atoms. The van der Waals surface area contributed by atoms with Crippen LogP contribution in [0, 0.1) is 19.8 Å². The van der Waals surface area contributed by atoms with Gasteiger partial charge in [-0.3, -0.25) is 13.4 Å². The Morgan fingerprint density at radius 1 is 0.758 bits per heavy atom. The molecule has 0 saturated carbocycles. The number of aromatic hydroxyl groups is 1. The van der Waals surface area contributed by atoms with E-state index >= 15 is 0 Å². The largest absolute Gasteiger partial charge is 0.507 e. The van der Waals surface area contributed by atoms with Gasteiger partial charge < -0.3 is 29.9 Å². The fourth-order valence-corrected chi connectivity index (χ4v) is 8.07. The summed E-state index contributed by atoms with van der Waals surface area (Å²) in [5, 5.41) is 35.6. The molecule has 0 radical (unpaired) electrons. The lowest BCUT2D eigenvalue weighted by molar-refractivity contribution is 0.205. The molecule has 4 N–H and O–H groups in total. The molecule has 3 aromatic carbocycles. The van der Waals surface area contributed by atoms with Gasteiger partial charge in [0.05, 0.1) is 29.6 Å². The molecular formula is C48H70Cl2N2O12S2. The lowest BCUT2D eigenvalue weighted by Gasteiger charge is -2.32. The van der Waals surface area contributed by atoms with Crippen LogP contribution in [0.25, 0.3) is 0 Å². The zero-order chi connectivity index (χ0) is 49.7. The van der Waals surface area contributed by atoms with Gasteiger partial charge >= 0.3 is 6.08 Å². The SMILES string of the molecule is C=C(C)[C@@H]1CCC(C)=C[C@H]1c1c(O)cc(CCCCC)cc1OC(=NC)OCCCOS(=O)(=O)c1ccc(C)cc1.CN=C(Cl)Cl.Cc1ccc(S(=O)(=O)OCCCO)cc1.OCCCO. The summed E-state index contributed by atoms with van der Waals surface area (Å²) in [7, 11) is -4.41. The van der Waals surface area contributed by atoms with Gasteiger partial charge in [-0.2, -0.15) is 16.8 Å². The van der Waals surface area contributed by atoms with Crippen molar-refractivity contribution in [2.45, 2.75) is 108 Å². The molecule has 0 aromatic heterocycles. The number of phenolic OH excluding ortho intramolecular Hbond substituents is 1. The second kappa shape index (κ2) is 32.8. The molecule has 0 heterocycles. The highest BCUT2D eigenvalue weighted by atomic mass is 35.5. The average Bonchev–Trinajstić information content (AvgIpc) is 3.27. The van der Waals surface area contributed by atoms with Crippen molar-refractivity contribution in [2.75, 3.05) is 53.7 Å². The summed E-state index contributed by atoms with van der Waals surface area (Å²) in [5.41, 5.74) is 5.99. The van der Waals surface area contributed by atoms with E-state index in [1.54, 1.807) is 31.3 Å². The molecular weight excluding hydrogens is 932 g/mol. The Morgan fingerprint density at radius 3 is 1.71 bits per heavy atom. The van der Waals surface area contributed by atoms with Crippen LogP contribution in [0.5, 0.6) is 11.5 Å². The van der Waals surface area contributed by atoms with Crippen molar-refractivity contribution in [1.29, 1.82) is 0 Å². The number of hydrogen-bond donors (Lipinski definition) is 4. The summed E-state index contributed by atoms with van der Waals surface area (Å²) in [6.07, 6.45) is 9.37. The zero-order valence-corrected chi connectivity index (χ0v) is 42.5. The van der Waals surface area contributed by atoms with Crippen LogP contribution in [0.3, 0.4) is 0 Å². The first-order valence-electron chi connectivity index (χ1n) is 21.8. The Hall–Kier alpha value is -3.84. The van der Waals surface area contributed by atoms with Crippen molar-refractivity contribution in [2.24, 2.45) is 15.9 Å². The number of allylic oxidation sites excluding steroid dienone is 3. The minimum absolute atomic E-state index is 0.00666. The number of halogens is 2. The molecule has 18 heteroatoms. The van der Waals surface area contributed by atoms with Crippen LogP contribution in [0.1, 0.15) is 100 Å². The van der Waals surface area contributed by atoms with Gasteiger partial charge in [0.1, 0.15) is 11.5 Å². The number of aryl methyl sites for hydroxylation is 3. The van der Waals surface area contributed by atoms with Crippen LogP contribution in [0.4, 0.5) is 0 Å². The Balaban J connectivity index is 0.000000708. The van der Waals surface area contributed by atoms with Gasteiger partial charge in [0.25, 0.3) is 20.2 Å². The Morgan fingerprint density at radius 2 is 1.27 bits per heavy atom. The Labute approximate surface area is 403 Å². The van der Waals surface area contributed by atoms with Crippen LogP contribution < -0.4 is 4.74 Å². The lowest BCUT2D eigenvalue weighted by Crippen LogP contribution is -2.20. The first-order chi connectivity index (χ1) is 31.3. The smallest absolute Gasteiger partial charge is 0.388 e. The van der Waals surface area contributed by atoms with Crippen LogP contribution in [-0.2, 0) is 39.8 Å². The van der Waals surface area contributed by atoms with Gasteiger partial charge in [0, 0.05) is 51.8 Å². The minimum atomic E-state index is -3.84. The fraction of sp³-hybridized carbons (Fsp3) is 0.500. The van der Waals surface area contributed by atoms with Gasteiger partial charge in [0.15, 0.2) is 4.63 Å². The van der Waals surface area contributed by atoms with E-state index in [0.717, 1.165) is 60.8 Å². The molecule has 14 nitrogen and oxygen atoms in total. The molecule has 0 aliphatic heterocycles. The van der Waals surface area contributed by atoms with Gasteiger partial charge in [-0.1, -0.05) is 79.0 Å². The number of aliphatic hydroxyl groups is 3. The quantitative estimate of drug-likeness (QED) is 0.0274. The Kier molecular flexibility index (Phi) is 29.9. The number of hydrogen-bond acceptors (Lipinski definition) is 14. The number of ether oxygens (including phenoxy) is 2. The summed E-state index contributed by atoms with van der Waals surface area (Å²) in [4.78, 5) is 7.77. The average molecular weight is 1000 g/mol. The Bertz CT molecular complexity index is 2190. The highest BCUT2D eigenvalue weighted by Gasteiger charge is 2.31. The number of aliphatic hydroxyl groups excluding tert-OH is 3. The third-order valence-electron chi connectivity index (χ3n) is 9.74. The molecule has 0 amide bonds. The van der Waals surface area contributed by atoms with E-state index in [1.165, 1.54) is 36.9 Å². The van der Waals surface area contributed by atoms with Gasteiger partial charge in [-0.05, 0) is 137 Å². The molecule has 0 bridgehead atoms. The van der Waals surface area contributed by atoms with E-state index in [0.29, 0.717) is 30.6 Å². The molecule has 2 atom stereocenters. The fourth-order valence-electron chi connectivity index (χ4n) is 6.19. The number of aliphatic imine (C=N–C) groups is 2. The van der Waals surface area contributed by atoms with Crippen LogP contribution >= 0.6 is 23.2 Å². The van der Waals surface area contributed by atoms with E-state index in [4.69, 9.17) is 56.4 Å². The highest BCUT2D eigenvalue weighted by molar-refractivity contribution is 7.87. The zero-order valence-electron chi connectivity index (χ0n) is 39.3. The maximum Gasteiger partial charge on any atom is 0.388 e. The summed E-state index contributed by atoms with van der Waals surface area (Å²) < 4.78 is 69.9. The number of phenols is 1. The summed E-state index contributed by atoms with van der Waals surface area (Å²) in [6.45, 7) is 14.5. The predicted molar refractivity (Wildman–Crippen MR) is 264 cm³/mol. The monoisotopic (exact) mass is 1000 g/mol. The maximum absolute atomic E-state index is 12.4. The molecule has 1 aliphatic carbocycles. The summed E-state index contributed by atoms with van der Waals surface area (Å²) in [6, 6.07) is 16.8. The number of benzene rings is 3. The van der Waals surface area contributed by atoms with Crippen molar-refractivity contribution >= 4 is 54.2 Å². The number of nitrogens with zero attached hydrogens (tertiary/aromatic N) is 2. The van der Waals surface area contributed by atoms with Crippen molar-refractivity contribution in [3.8, 4) is 11.5 Å². The maximum atomic E-state index is 12.4. The van der Waals surface area contributed by atoms with Crippen LogP contribution in [-0.4, -0.2) is 102 Å². The van der Waals surface area contributed by atoms with Crippen molar-refractivity contribution in [3.63, 3.8) is 0 Å². The van der Waals surface area contributed by atoms with Crippen LogP contribution in [0.15, 0.2) is 104 Å². The third-order valence-corrected chi connectivity index (χ3v) is 12.7.